The van der Waals surface area contributed by atoms with Gasteiger partial charge in [-0.2, -0.15) is 15.0 Å². The molecule has 0 radical (unpaired) electrons. The van der Waals surface area contributed by atoms with Gasteiger partial charge >= 0.3 is 0 Å². The average Bonchev–Trinajstić information content (AvgIpc) is 3.00. The minimum atomic E-state index is 0.0835. The van der Waals surface area contributed by atoms with E-state index in [2.05, 4.69) is 58.1 Å². The minimum Gasteiger partial charge on any atom is -0.420 e. The monoisotopic (exact) mass is 357 g/mol. The van der Waals surface area contributed by atoms with Gasteiger partial charge in [-0.05, 0) is 23.1 Å². The summed E-state index contributed by atoms with van der Waals surface area (Å²) >= 11 is 1.30. The van der Waals surface area contributed by atoms with Gasteiger partial charge < -0.3 is 15.9 Å². The molecule has 25 heavy (non-hydrogen) atoms. The fraction of sp³-hybridized carbons (Fsp3) is 0.312. The molecule has 0 unspecified atom stereocenters. The van der Waals surface area contributed by atoms with Crippen molar-refractivity contribution < 1.29 is 4.42 Å². The van der Waals surface area contributed by atoms with Gasteiger partial charge in [-0.1, -0.05) is 44.7 Å². The van der Waals surface area contributed by atoms with Gasteiger partial charge in [0, 0.05) is 5.56 Å². The molecule has 3 rings (SSSR count). The summed E-state index contributed by atoms with van der Waals surface area (Å²) in [5.41, 5.74) is 13.3. The Morgan fingerprint density at radius 3 is 2.20 bits per heavy atom. The molecule has 0 aliphatic rings. The quantitative estimate of drug-likeness (QED) is 0.677. The number of nitrogens with two attached hydrogens (primary N) is 2. The van der Waals surface area contributed by atoms with E-state index in [1.807, 2.05) is 12.1 Å². The Morgan fingerprint density at radius 1 is 0.960 bits per heavy atom. The third kappa shape index (κ3) is 4.24. The molecule has 2 aromatic heterocycles. The average molecular weight is 357 g/mol. The van der Waals surface area contributed by atoms with Gasteiger partial charge in [-0.25, -0.2) is 0 Å². The summed E-state index contributed by atoms with van der Waals surface area (Å²) in [6.45, 7) is 6.51. The van der Waals surface area contributed by atoms with Gasteiger partial charge in [0.15, 0.2) is 5.16 Å². The topological polar surface area (TPSA) is 130 Å². The highest BCUT2D eigenvalue weighted by molar-refractivity contribution is 7.98. The number of aromatic nitrogens is 5. The molecule has 1 aromatic carbocycles. The fourth-order valence-electron chi connectivity index (χ4n) is 2.12. The predicted octanol–water partition coefficient (Wildman–Crippen LogP) is 2.68. The van der Waals surface area contributed by atoms with E-state index in [1.54, 1.807) is 0 Å². The lowest BCUT2D eigenvalue weighted by Crippen LogP contribution is -2.10. The molecule has 9 heteroatoms. The summed E-state index contributed by atoms with van der Waals surface area (Å²) in [4.78, 5) is 11.7. The fourth-order valence-corrected chi connectivity index (χ4v) is 2.81. The van der Waals surface area contributed by atoms with Crippen molar-refractivity contribution in [1.82, 2.24) is 25.1 Å². The highest BCUT2D eigenvalue weighted by atomic mass is 32.2. The second kappa shape index (κ2) is 6.67. The van der Waals surface area contributed by atoms with Crippen LogP contribution in [-0.4, -0.2) is 25.1 Å². The number of hydrogen-bond acceptors (Lipinski definition) is 9. The van der Waals surface area contributed by atoms with Crippen LogP contribution >= 0.6 is 11.8 Å². The normalized spacial score (nSPS) is 11.6. The summed E-state index contributed by atoms with van der Waals surface area (Å²) in [5.74, 6) is 1.53. The Labute approximate surface area is 149 Å². The summed E-state index contributed by atoms with van der Waals surface area (Å²) in [6.07, 6.45) is 0. The minimum absolute atomic E-state index is 0.0835. The van der Waals surface area contributed by atoms with E-state index in [-0.39, 0.29) is 17.3 Å². The molecule has 2 heterocycles. The largest absolute Gasteiger partial charge is 0.420 e. The van der Waals surface area contributed by atoms with Crippen LogP contribution in [0.25, 0.3) is 11.5 Å². The summed E-state index contributed by atoms with van der Waals surface area (Å²) in [6, 6.07) is 8.12. The molecular weight excluding hydrogens is 338 g/mol. The zero-order valence-corrected chi connectivity index (χ0v) is 15.0. The number of hydrogen-bond donors (Lipinski definition) is 2. The number of benzene rings is 1. The molecular formula is C16H19N7OS. The lowest BCUT2D eigenvalue weighted by Gasteiger charge is -2.18. The van der Waals surface area contributed by atoms with Gasteiger partial charge in [-0.3, -0.25) is 0 Å². The maximum atomic E-state index is 5.70. The molecule has 0 atom stereocenters. The first-order chi connectivity index (χ1) is 11.8. The Balaban J connectivity index is 1.70. The summed E-state index contributed by atoms with van der Waals surface area (Å²) in [5, 5.41) is 8.56. The zero-order chi connectivity index (χ0) is 18.0. The molecule has 0 bridgehead atoms. The SMILES string of the molecule is CC(C)(C)c1ccc(-c2nnc(CSc3nc(N)nc(N)n3)o2)cc1. The molecule has 3 aromatic rings. The smallest absolute Gasteiger partial charge is 0.247 e. The van der Waals surface area contributed by atoms with Crippen LogP contribution in [0.1, 0.15) is 32.2 Å². The van der Waals surface area contributed by atoms with Gasteiger partial charge in [0.1, 0.15) is 0 Å². The maximum Gasteiger partial charge on any atom is 0.247 e. The van der Waals surface area contributed by atoms with E-state index in [0.717, 1.165) is 5.56 Å². The Bertz CT molecular complexity index is 851. The van der Waals surface area contributed by atoms with Crippen LogP contribution in [0.4, 0.5) is 11.9 Å². The van der Waals surface area contributed by atoms with Crippen LogP contribution in [0.2, 0.25) is 0 Å². The van der Waals surface area contributed by atoms with Crippen LogP contribution in [0.3, 0.4) is 0 Å². The van der Waals surface area contributed by atoms with Gasteiger partial charge in [-0.15, -0.1) is 10.2 Å². The molecule has 8 nitrogen and oxygen atoms in total. The van der Waals surface area contributed by atoms with E-state index >= 15 is 0 Å². The summed E-state index contributed by atoms with van der Waals surface area (Å²) in [7, 11) is 0. The van der Waals surface area contributed by atoms with Crippen molar-refractivity contribution >= 4 is 23.7 Å². The van der Waals surface area contributed by atoms with E-state index < -0.39 is 0 Å². The van der Waals surface area contributed by atoms with Crippen LogP contribution in [0, 0.1) is 0 Å². The van der Waals surface area contributed by atoms with Crippen LogP contribution in [0.5, 0.6) is 0 Å². The Hall–Kier alpha value is -2.68. The number of nitrogens with zero attached hydrogens (tertiary/aromatic N) is 5. The number of thioether (sulfide) groups is 1. The van der Waals surface area contributed by atoms with E-state index in [0.29, 0.717) is 22.7 Å². The van der Waals surface area contributed by atoms with Crippen LogP contribution in [-0.2, 0) is 11.2 Å². The molecule has 4 N–H and O–H groups in total. The third-order valence-electron chi connectivity index (χ3n) is 3.44. The van der Waals surface area contributed by atoms with Crippen molar-refractivity contribution in [3.05, 3.63) is 35.7 Å². The van der Waals surface area contributed by atoms with E-state index in [4.69, 9.17) is 15.9 Å². The van der Waals surface area contributed by atoms with Crippen molar-refractivity contribution in [2.45, 2.75) is 37.1 Å². The second-order valence-corrected chi connectivity index (χ2v) is 7.39. The number of nitrogen functional groups attached to an aromatic ring is 2. The zero-order valence-electron chi connectivity index (χ0n) is 14.2. The molecule has 0 aliphatic heterocycles. The van der Waals surface area contributed by atoms with Crippen LogP contribution < -0.4 is 11.5 Å². The first kappa shape index (κ1) is 17.2. The molecule has 0 saturated heterocycles. The van der Waals surface area contributed by atoms with Crippen molar-refractivity contribution in [2.24, 2.45) is 0 Å². The predicted molar refractivity (Wildman–Crippen MR) is 96.6 cm³/mol. The van der Waals surface area contributed by atoms with Crippen molar-refractivity contribution in [2.75, 3.05) is 11.5 Å². The van der Waals surface area contributed by atoms with Crippen molar-refractivity contribution in [3.8, 4) is 11.5 Å². The Kier molecular flexibility index (Phi) is 4.58. The molecule has 0 spiro atoms. The lowest BCUT2D eigenvalue weighted by molar-refractivity contribution is 0.528. The van der Waals surface area contributed by atoms with Crippen LogP contribution in [0.15, 0.2) is 33.8 Å². The summed E-state index contributed by atoms with van der Waals surface area (Å²) < 4.78 is 5.70. The van der Waals surface area contributed by atoms with Crippen molar-refractivity contribution in [1.29, 1.82) is 0 Å². The molecule has 0 amide bonds. The van der Waals surface area contributed by atoms with Gasteiger partial charge in [0.05, 0.1) is 5.75 Å². The number of anilines is 2. The lowest BCUT2D eigenvalue weighted by atomic mass is 9.87. The first-order valence-electron chi connectivity index (χ1n) is 7.64. The highest BCUT2D eigenvalue weighted by Crippen LogP contribution is 2.26. The van der Waals surface area contributed by atoms with Crippen molar-refractivity contribution in [3.63, 3.8) is 0 Å². The molecule has 130 valence electrons. The van der Waals surface area contributed by atoms with Gasteiger partial charge in [0.2, 0.25) is 23.7 Å². The van der Waals surface area contributed by atoms with E-state index in [9.17, 15) is 0 Å². The standard InChI is InChI=1S/C16H19N7OS/c1-16(2,3)10-6-4-9(5-7-10)12-23-22-11(24-12)8-25-15-20-13(17)19-14(18)21-15/h4-7H,8H2,1-3H3,(H4,17,18,19,20,21). The van der Waals surface area contributed by atoms with Gasteiger partial charge in [0.25, 0.3) is 0 Å². The third-order valence-corrected chi connectivity index (χ3v) is 4.27. The van der Waals surface area contributed by atoms with E-state index in [1.165, 1.54) is 17.3 Å². The molecule has 0 fully saturated rings. The Morgan fingerprint density at radius 2 is 1.60 bits per heavy atom. The molecule has 0 saturated carbocycles. The first-order valence-corrected chi connectivity index (χ1v) is 8.63. The molecule has 0 aliphatic carbocycles. The highest BCUT2D eigenvalue weighted by Gasteiger charge is 2.15. The maximum absolute atomic E-state index is 5.70. The second-order valence-electron chi connectivity index (χ2n) is 6.45. The number of rotatable bonds is 4.